The third-order valence-corrected chi connectivity index (χ3v) is 9.51. The molecule has 4 heterocycles. The Hall–Kier alpha value is -3.84. The lowest BCUT2D eigenvalue weighted by Crippen LogP contribution is -2.55. The molecule has 42 heavy (non-hydrogen) atoms. The van der Waals surface area contributed by atoms with Crippen molar-refractivity contribution in [2.45, 2.75) is 63.1 Å². The van der Waals surface area contributed by atoms with Gasteiger partial charge >= 0.3 is 6.01 Å². The van der Waals surface area contributed by atoms with E-state index in [1.54, 1.807) is 12.0 Å². The highest BCUT2D eigenvalue weighted by molar-refractivity contribution is 5.87. The van der Waals surface area contributed by atoms with Crippen LogP contribution in [0.1, 0.15) is 42.5 Å². The molecule has 0 saturated carbocycles. The van der Waals surface area contributed by atoms with Crippen molar-refractivity contribution in [1.29, 1.82) is 5.26 Å². The predicted octanol–water partition coefficient (Wildman–Crippen LogP) is 3.00. The molecule has 222 valence electrons. The number of nitriles is 1. The summed E-state index contributed by atoms with van der Waals surface area (Å²) in [5.74, 6) is 1.65. The van der Waals surface area contributed by atoms with Gasteiger partial charge in [0, 0.05) is 62.0 Å². The molecule has 2 aromatic rings. The Morgan fingerprint density at radius 3 is 2.81 bits per heavy atom. The zero-order chi connectivity index (χ0) is 29.2. The summed E-state index contributed by atoms with van der Waals surface area (Å²) in [5.41, 5.74) is 4.84. The fraction of sp³-hybridized carbons (Fsp3) is 0.562. The van der Waals surface area contributed by atoms with Crippen LogP contribution in [-0.2, 0) is 24.1 Å². The number of rotatable bonds is 8. The second-order valence-electron chi connectivity index (χ2n) is 11.9. The Morgan fingerprint density at radius 2 is 2.05 bits per heavy atom. The molecule has 6 rings (SSSR count). The van der Waals surface area contributed by atoms with E-state index in [0.29, 0.717) is 44.3 Å². The molecular formula is C32H41N7O3. The van der Waals surface area contributed by atoms with Crippen molar-refractivity contribution < 1.29 is 14.3 Å². The van der Waals surface area contributed by atoms with Gasteiger partial charge < -0.3 is 29.1 Å². The molecule has 1 aromatic heterocycles. The fourth-order valence-electron chi connectivity index (χ4n) is 7.13. The van der Waals surface area contributed by atoms with Gasteiger partial charge in [0.2, 0.25) is 5.91 Å². The van der Waals surface area contributed by atoms with Crippen LogP contribution in [0.2, 0.25) is 0 Å². The van der Waals surface area contributed by atoms with E-state index in [2.05, 4.69) is 46.5 Å². The normalized spacial score (nSPS) is 23.7. The van der Waals surface area contributed by atoms with Gasteiger partial charge in [0.25, 0.3) is 0 Å². The van der Waals surface area contributed by atoms with Crippen LogP contribution in [0.3, 0.4) is 0 Å². The van der Waals surface area contributed by atoms with Crippen molar-refractivity contribution in [2.24, 2.45) is 0 Å². The zero-order valence-electron chi connectivity index (χ0n) is 24.8. The van der Waals surface area contributed by atoms with Gasteiger partial charge in [0.05, 0.1) is 31.3 Å². The van der Waals surface area contributed by atoms with Crippen LogP contribution >= 0.6 is 0 Å². The van der Waals surface area contributed by atoms with E-state index < -0.39 is 0 Å². The number of benzene rings is 1. The average Bonchev–Trinajstić information content (AvgIpc) is 3.64. The number of aromatic nitrogens is 2. The number of fused-ring (bicyclic) bond motifs is 2. The molecule has 10 nitrogen and oxygen atoms in total. The number of piperazine rings is 1. The fourth-order valence-corrected chi connectivity index (χ4v) is 7.13. The number of likely N-dealkylation sites (N-methyl/N-ethyl adjacent to an activating group) is 1. The maximum Gasteiger partial charge on any atom is 0.318 e. The van der Waals surface area contributed by atoms with Gasteiger partial charge in [0.15, 0.2) is 0 Å². The molecule has 10 heteroatoms. The molecule has 2 saturated heterocycles. The molecule has 1 amide bonds. The minimum absolute atomic E-state index is 0.130. The van der Waals surface area contributed by atoms with E-state index in [1.807, 2.05) is 6.07 Å². The smallest absolute Gasteiger partial charge is 0.318 e. The largest absolute Gasteiger partial charge is 0.497 e. The number of ether oxygens (including phenoxy) is 2. The van der Waals surface area contributed by atoms with Gasteiger partial charge in [0.1, 0.15) is 18.2 Å². The number of hydrogen-bond donors (Lipinski definition) is 0. The van der Waals surface area contributed by atoms with Crippen molar-refractivity contribution in [3.63, 3.8) is 0 Å². The minimum Gasteiger partial charge on any atom is -0.497 e. The molecule has 3 atom stereocenters. The maximum absolute atomic E-state index is 12.5. The van der Waals surface area contributed by atoms with Crippen molar-refractivity contribution in [3.05, 3.63) is 47.7 Å². The van der Waals surface area contributed by atoms with Crippen LogP contribution in [0.25, 0.3) is 0 Å². The number of nitrogens with zero attached hydrogens (tertiary/aromatic N) is 7. The summed E-state index contributed by atoms with van der Waals surface area (Å²) in [6.45, 7) is 8.01. The number of methoxy groups -OCH3 is 1. The van der Waals surface area contributed by atoms with Gasteiger partial charge in [-0.05, 0) is 63.4 Å². The first-order valence-electron chi connectivity index (χ1n) is 15.2. The lowest BCUT2D eigenvalue weighted by Gasteiger charge is -2.42. The number of hydrogen-bond acceptors (Lipinski definition) is 9. The van der Waals surface area contributed by atoms with Crippen molar-refractivity contribution in [3.8, 4) is 17.8 Å². The predicted molar refractivity (Wildman–Crippen MR) is 161 cm³/mol. The summed E-state index contributed by atoms with van der Waals surface area (Å²) >= 11 is 0. The molecule has 4 aliphatic rings. The van der Waals surface area contributed by atoms with Gasteiger partial charge in [-0.1, -0.05) is 12.6 Å². The molecule has 0 N–H and O–H groups in total. The Kier molecular flexibility index (Phi) is 8.20. The maximum atomic E-state index is 12.5. The molecule has 3 aliphatic heterocycles. The lowest BCUT2D eigenvalue weighted by molar-refractivity contribution is -0.128. The van der Waals surface area contributed by atoms with Crippen LogP contribution < -0.4 is 19.3 Å². The van der Waals surface area contributed by atoms with E-state index in [-0.39, 0.29) is 18.4 Å². The molecule has 1 unspecified atom stereocenters. The van der Waals surface area contributed by atoms with E-state index in [4.69, 9.17) is 19.4 Å². The molecule has 1 aliphatic carbocycles. The Morgan fingerprint density at radius 1 is 1.17 bits per heavy atom. The summed E-state index contributed by atoms with van der Waals surface area (Å²) < 4.78 is 11.8. The van der Waals surface area contributed by atoms with Crippen LogP contribution in [-0.4, -0.2) is 97.3 Å². The third kappa shape index (κ3) is 5.50. The SMILES string of the molecule is C=CC(=O)N1CCN(c2nc(OC[C@@H]3CCCN3C)nc3c2CCC(N2CCc4ccc(OC)cc42)C3)C[C@@H]1CC#N. The monoisotopic (exact) mass is 571 g/mol. The van der Waals surface area contributed by atoms with Crippen molar-refractivity contribution in [1.82, 2.24) is 19.8 Å². The highest BCUT2D eigenvalue weighted by Gasteiger charge is 2.36. The summed E-state index contributed by atoms with van der Waals surface area (Å²) in [6.07, 6.45) is 7.62. The van der Waals surface area contributed by atoms with Crippen LogP contribution in [0.4, 0.5) is 11.5 Å². The second kappa shape index (κ2) is 12.2. The van der Waals surface area contributed by atoms with Crippen LogP contribution in [0.5, 0.6) is 11.8 Å². The highest BCUT2D eigenvalue weighted by atomic mass is 16.5. The summed E-state index contributed by atoms with van der Waals surface area (Å²) in [5, 5.41) is 9.52. The van der Waals surface area contributed by atoms with Gasteiger partial charge in [-0.15, -0.1) is 0 Å². The van der Waals surface area contributed by atoms with E-state index in [9.17, 15) is 10.1 Å². The first kappa shape index (κ1) is 28.3. The lowest BCUT2D eigenvalue weighted by atomic mass is 9.90. The Bertz CT molecular complexity index is 1370. The van der Waals surface area contributed by atoms with Gasteiger partial charge in [-0.25, -0.2) is 0 Å². The quantitative estimate of drug-likeness (QED) is 0.443. The molecule has 2 fully saturated rings. The molecule has 0 bridgehead atoms. The topological polar surface area (TPSA) is 98.1 Å². The van der Waals surface area contributed by atoms with Crippen LogP contribution in [0, 0.1) is 11.3 Å². The van der Waals surface area contributed by atoms with Gasteiger partial charge in [-0.3, -0.25) is 4.79 Å². The molecule has 1 aromatic carbocycles. The first-order valence-corrected chi connectivity index (χ1v) is 15.2. The average molecular weight is 572 g/mol. The highest BCUT2D eigenvalue weighted by Crippen LogP contribution is 2.38. The molecule has 0 spiro atoms. The molecule has 0 radical (unpaired) electrons. The minimum atomic E-state index is -0.219. The van der Waals surface area contributed by atoms with Crippen LogP contribution in [0.15, 0.2) is 30.9 Å². The number of carbonyl (C=O) groups is 1. The summed E-state index contributed by atoms with van der Waals surface area (Å²) in [7, 11) is 3.86. The van der Waals surface area contributed by atoms with Crippen molar-refractivity contribution in [2.75, 3.05) is 63.3 Å². The number of carbonyl (C=O) groups excluding carboxylic acids is 1. The zero-order valence-corrected chi connectivity index (χ0v) is 24.8. The van der Waals surface area contributed by atoms with E-state index in [0.717, 1.165) is 62.5 Å². The number of anilines is 2. The summed E-state index contributed by atoms with van der Waals surface area (Å²) in [4.78, 5) is 31.4. The third-order valence-electron chi connectivity index (χ3n) is 9.51. The Labute approximate surface area is 248 Å². The van der Waals surface area contributed by atoms with Crippen molar-refractivity contribution >= 4 is 17.4 Å². The van der Waals surface area contributed by atoms with Gasteiger partial charge in [-0.2, -0.15) is 15.2 Å². The van der Waals surface area contributed by atoms with E-state index in [1.165, 1.54) is 29.3 Å². The Balaban J connectivity index is 1.29. The standard InChI is InChI=1S/C32H41N7O3/c1-4-30(40)39-17-16-37(20-24(39)11-13-33)31-27-10-8-23(38-15-12-22-7-9-26(41-3)19-29(22)38)18-28(27)34-32(35-31)42-21-25-6-5-14-36(25)2/h4,7,9,19,23-25H,1,5-6,8,10-12,14-18,20-21H2,2-3H3/t23?,24-,25-/m0/s1. The second-order valence-corrected chi connectivity index (χ2v) is 11.9. The molecular weight excluding hydrogens is 530 g/mol. The summed E-state index contributed by atoms with van der Waals surface area (Å²) in [6, 6.07) is 9.57. The number of amides is 1. The first-order chi connectivity index (χ1) is 20.5. The van der Waals surface area contributed by atoms with E-state index >= 15 is 0 Å². The number of likely N-dealkylation sites (tertiary alicyclic amines) is 1.